The number of nitrogens with one attached hydrogen (secondary N) is 1. The Balaban J connectivity index is 2.24. The van der Waals surface area contributed by atoms with E-state index in [0.29, 0.717) is 11.3 Å². The maximum absolute atomic E-state index is 12.0. The Labute approximate surface area is 109 Å². The number of pyridine rings is 2. The van der Waals surface area contributed by atoms with Gasteiger partial charge in [-0.2, -0.15) is 0 Å². The number of aromatic nitrogens is 2. The Morgan fingerprint density at radius 1 is 1.39 bits per heavy atom. The van der Waals surface area contributed by atoms with Gasteiger partial charge in [0.1, 0.15) is 5.15 Å². The number of hydrogen-bond acceptors (Lipinski definition) is 4. The minimum atomic E-state index is -0.331. The summed E-state index contributed by atoms with van der Waals surface area (Å²) in [6, 6.07) is 4.89. The Morgan fingerprint density at radius 2 is 2.17 bits per heavy atom. The normalized spacial score (nSPS) is 10.1. The quantitative estimate of drug-likeness (QED) is 0.814. The van der Waals surface area contributed by atoms with E-state index in [1.807, 2.05) is 6.92 Å². The second kappa shape index (κ2) is 5.01. The fraction of sp³-hybridized carbons (Fsp3) is 0.0833. The molecular formula is C12H11ClN4O. The molecule has 0 saturated carbocycles. The first-order valence-electron chi connectivity index (χ1n) is 5.21. The molecule has 0 aromatic carbocycles. The van der Waals surface area contributed by atoms with Crippen molar-refractivity contribution in [3.05, 3.63) is 47.0 Å². The highest BCUT2D eigenvalue weighted by Gasteiger charge is 2.11. The van der Waals surface area contributed by atoms with E-state index >= 15 is 0 Å². The molecule has 0 bridgehead atoms. The molecule has 6 heteroatoms. The van der Waals surface area contributed by atoms with Crippen molar-refractivity contribution in [2.75, 3.05) is 11.1 Å². The first-order valence-corrected chi connectivity index (χ1v) is 5.59. The van der Waals surface area contributed by atoms with Crippen molar-refractivity contribution < 1.29 is 4.79 Å². The van der Waals surface area contributed by atoms with Gasteiger partial charge in [-0.05, 0) is 25.1 Å². The van der Waals surface area contributed by atoms with Crippen LogP contribution >= 0.6 is 11.6 Å². The molecule has 0 spiro atoms. The summed E-state index contributed by atoms with van der Waals surface area (Å²) in [4.78, 5) is 19.8. The van der Waals surface area contributed by atoms with E-state index in [0.717, 1.165) is 5.69 Å². The molecule has 2 aromatic rings. The van der Waals surface area contributed by atoms with Gasteiger partial charge in [-0.3, -0.25) is 9.78 Å². The van der Waals surface area contributed by atoms with Crippen LogP contribution in [0.15, 0.2) is 30.6 Å². The van der Waals surface area contributed by atoms with Gasteiger partial charge in [0.05, 0.1) is 17.4 Å². The van der Waals surface area contributed by atoms with Gasteiger partial charge in [-0.15, -0.1) is 0 Å². The molecule has 5 nitrogen and oxygen atoms in total. The van der Waals surface area contributed by atoms with Crippen molar-refractivity contribution in [3.8, 4) is 0 Å². The summed E-state index contributed by atoms with van der Waals surface area (Å²) in [5, 5.41) is 2.94. The van der Waals surface area contributed by atoms with Crippen LogP contribution in [0.2, 0.25) is 5.15 Å². The fourth-order valence-electron chi connectivity index (χ4n) is 1.46. The third-order valence-electron chi connectivity index (χ3n) is 2.30. The average Bonchev–Trinajstić information content (AvgIpc) is 2.32. The highest BCUT2D eigenvalue weighted by Crippen LogP contribution is 2.17. The molecule has 2 heterocycles. The average molecular weight is 263 g/mol. The smallest absolute Gasteiger partial charge is 0.257 e. The van der Waals surface area contributed by atoms with E-state index in [4.69, 9.17) is 17.3 Å². The third kappa shape index (κ3) is 2.75. The zero-order valence-electron chi connectivity index (χ0n) is 9.64. The lowest BCUT2D eigenvalue weighted by Crippen LogP contribution is -2.14. The Kier molecular flexibility index (Phi) is 3.43. The molecule has 0 unspecified atom stereocenters. The molecule has 2 aromatic heterocycles. The summed E-state index contributed by atoms with van der Waals surface area (Å²) in [5.41, 5.74) is 7.72. The van der Waals surface area contributed by atoms with Gasteiger partial charge < -0.3 is 11.1 Å². The van der Waals surface area contributed by atoms with Crippen molar-refractivity contribution in [1.82, 2.24) is 9.97 Å². The Hall–Kier alpha value is -2.14. The molecule has 3 N–H and O–H groups in total. The summed E-state index contributed by atoms with van der Waals surface area (Å²) >= 11 is 5.73. The van der Waals surface area contributed by atoms with Crippen molar-refractivity contribution in [2.45, 2.75) is 6.92 Å². The van der Waals surface area contributed by atoms with Crippen LogP contribution in [0.25, 0.3) is 0 Å². The first-order chi connectivity index (χ1) is 8.56. The lowest BCUT2D eigenvalue weighted by Gasteiger charge is -2.07. The van der Waals surface area contributed by atoms with Gasteiger partial charge >= 0.3 is 0 Å². The van der Waals surface area contributed by atoms with Crippen molar-refractivity contribution in [1.29, 1.82) is 0 Å². The van der Waals surface area contributed by atoms with E-state index in [1.54, 1.807) is 18.3 Å². The minimum Gasteiger partial charge on any atom is -0.397 e. The molecule has 0 radical (unpaired) electrons. The maximum atomic E-state index is 12.0. The van der Waals surface area contributed by atoms with Gasteiger partial charge in [0.25, 0.3) is 5.91 Å². The summed E-state index contributed by atoms with van der Waals surface area (Å²) in [6.07, 6.45) is 2.98. The third-order valence-corrected chi connectivity index (χ3v) is 2.51. The number of hydrogen-bond donors (Lipinski definition) is 2. The van der Waals surface area contributed by atoms with E-state index < -0.39 is 0 Å². The van der Waals surface area contributed by atoms with Crippen LogP contribution in [0.1, 0.15) is 16.1 Å². The highest BCUT2D eigenvalue weighted by atomic mass is 35.5. The SMILES string of the molecule is Cc1cc(NC(=O)c2cc(Cl)ncc2N)ccn1. The Bertz CT molecular complexity index is 600. The van der Waals surface area contributed by atoms with Crippen LogP contribution in [0.5, 0.6) is 0 Å². The van der Waals surface area contributed by atoms with E-state index in [1.165, 1.54) is 12.3 Å². The summed E-state index contributed by atoms with van der Waals surface area (Å²) in [5.74, 6) is -0.331. The number of aryl methyl sites for hydroxylation is 1. The molecule has 2 rings (SSSR count). The van der Waals surface area contributed by atoms with Gasteiger partial charge in [0.15, 0.2) is 0 Å². The number of nitrogens with two attached hydrogens (primary N) is 1. The number of amides is 1. The fourth-order valence-corrected chi connectivity index (χ4v) is 1.62. The van der Waals surface area contributed by atoms with Gasteiger partial charge in [0, 0.05) is 17.6 Å². The predicted octanol–water partition coefficient (Wildman–Crippen LogP) is 2.27. The van der Waals surface area contributed by atoms with Crippen molar-refractivity contribution >= 4 is 28.9 Å². The first kappa shape index (κ1) is 12.3. The molecule has 0 fully saturated rings. The van der Waals surface area contributed by atoms with Crippen molar-refractivity contribution in [2.24, 2.45) is 0 Å². The zero-order valence-corrected chi connectivity index (χ0v) is 10.4. The zero-order chi connectivity index (χ0) is 13.1. The van der Waals surface area contributed by atoms with Crippen LogP contribution in [0.4, 0.5) is 11.4 Å². The molecule has 0 saturated heterocycles. The van der Waals surface area contributed by atoms with E-state index in [2.05, 4.69) is 15.3 Å². The highest BCUT2D eigenvalue weighted by molar-refractivity contribution is 6.30. The number of nitrogens with zero attached hydrogens (tertiary/aromatic N) is 2. The number of carbonyl (C=O) groups is 1. The van der Waals surface area contributed by atoms with E-state index in [9.17, 15) is 4.79 Å². The standard InChI is InChI=1S/C12H11ClN4O/c1-7-4-8(2-3-15-7)17-12(18)9-5-11(13)16-6-10(9)14/h2-6H,14H2,1H3,(H,15,17,18). The molecule has 0 atom stereocenters. The topological polar surface area (TPSA) is 80.9 Å². The number of halogens is 1. The minimum absolute atomic E-state index is 0.222. The number of nitrogen functional groups attached to an aromatic ring is 1. The predicted molar refractivity (Wildman–Crippen MR) is 70.6 cm³/mol. The molecular weight excluding hydrogens is 252 g/mol. The van der Waals surface area contributed by atoms with Crippen LogP contribution in [-0.4, -0.2) is 15.9 Å². The number of carbonyl (C=O) groups excluding carboxylic acids is 1. The maximum Gasteiger partial charge on any atom is 0.257 e. The van der Waals surface area contributed by atoms with Gasteiger partial charge in [-0.1, -0.05) is 11.6 Å². The van der Waals surface area contributed by atoms with Crippen LogP contribution in [-0.2, 0) is 0 Å². The second-order valence-corrected chi connectivity index (χ2v) is 4.12. The molecule has 0 aliphatic carbocycles. The largest absolute Gasteiger partial charge is 0.397 e. The molecule has 18 heavy (non-hydrogen) atoms. The summed E-state index contributed by atoms with van der Waals surface area (Å²) < 4.78 is 0. The monoisotopic (exact) mass is 262 g/mol. The molecule has 1 amide bonds. The molecule has 0 aliphatic rings. The summed E-state index contributed by atoms with van der Waals surface area (Å²) in [7, 11) is 0. The van der Waals surface area contributed by atoms with Crippen LogP contribution in [0.3, 0.4) is 0 Å². The summed E-state index contributed by atoms with van der Waals surface area (Å²) in [6.45, 7) is 1.84. The number of anilines is 2. The van der Waals surface area contributed by atoms with Gasteiger partial charge in [0.2, 0.25) is 0 Å². The Morgan fingerprint density at radius 3 is 2.89 bits per heavy atom. The van der Waals surface area contributed by atoms with Gasteiger partial charge in [-0.25, -0.2) is 4.98 Å². The van der Waals surface area contributed by atoms with Crippen LogP contribution in [0, 0.1) is 6.92 Å². The second-order valence-electron chi connectivity index (χ2n) is 3.73. The lowest BCUT2D eigenvalue weighted by atomic mass is 10.2. The lowest BCUT2D eigenvalue weighted by molar-refractivity contribution is 0.102. The molecule has 92 valence electrons. The van der Waals surface area contributed by atoms with Crippen molar-refractivity contribution in [3.63, 3.8) is 0 Å². The molecule has 0 aliphatic heterocycles. The van der Waals surface area contributed by atoms with Crippen LogP contribution < -0.4 is 11.1 Å². The number of rotatable bonds is 2. The van der Waals surface area contributed by atoms with E-state index in [-0.39, 0.29) is 16.7 Å².